The number of hydrogen-bond donors (Lipinski definition) is 1. The molecule has 2 aliphatic rings. The predicted molar refractivity (Wildman–Crippen MR) is 122 cm³/mol. The quantitative estimate of drug-likeness (QED) is 0.748. The van der Waals surface area contributed by atoms with Gasteiger partial charge in [0.1, 0.15) is 11.3 Å². The van der Waals surface area contributed by atoms with Crippen LogP contribution in [0.4, 0.5) is 4.79 Å². The molecule has 0 atom stereocenters. The molecule has 2 aromatic rings. The minimum absolute atomic E-state index is 0.111. The lowest BCUT2D eigenvalue weighted by atomic mass is 10.2. The highest BCUT2D eigenvalue weighted by atomic mass is 16.6. The fourth-order valence-electron chi connectivity index (χ4n) is 3.80. The molecule has 0 radical (unpaired) electrons. The molecule has 1 aromatic carbocycles. The van der Waals surface area contributed by atoms with Crippen LogP contribution in [0.25, 0.3) is 5.69 Å². The van der Waals surface area contributed by atoms with Gasteiger partial charge >= 0.3 is 6.09 Å². The summed E-state index contributed by atoms with van der Waals surface area (Å²) in [6.45, 7) is 9.71. The van der Waals surface area contributed by atoms with Crippen molar-refractivity contribution in [3.05, 3.63) is 47.8 Å². The van der Waals surface area contributed by atoms with Gasteiger partial charge in [-0.2, -0.15) is 5.10 Å². The van der Waals surface area contributed by atoms with E-state index in [1.807, 2.05) is 57.2 Å². The van der Waals surface area contributed by atoms with Gasteiger partial charge in [-0.1, -0.05) is 18.2 Å². The van der Waals surface area contributed by atoms with Crippen LogP contribution >= 0.6 is 0 Å². The van der Waals surface area contributed by atoms with Crippen LogP contribution in [0.3, 0.4) is 0 Å². The summed E-state index contributed by atoms with van der Waals surface area (Å²) in [5, 5.41) is 7.76. The monoisotopic (exact) mass is 439 g/mol. The van der Waals surface area contributed by atoms with E-state index >= 15 is 0 Å². The van der Waals surface area contributed by atoms with E-state index in [-0.39, 0.29) is 12.0 Å². The summed E-state index contributed by atoms with van der Waals surface area (Å²) < 4.78 is 7.20. The van der Waals surface area contributed by atoms with E-state index in [4.69, 9.17) is 9.84 Å². The highest BCUT2D eigenvalue weighted by molar-refractivity contribution is 5.93. The third-order valence-electron chi connectivity index (χ3n) is 5.69. The molecule has 0 bridgehead atoms. The molecule has 8 heteroatoms. The zero-order chi connectivity index (χ0) is 22.7. The number of nitrogens with zero attached hydrogens (tertiary/aromatic N) is 4. The summed E-state index contributed by atoms with van der Waals surface area (Å²) in [5.41, 5.74) is 1.98. The van der Waals surface area contributed by atoms with Gasteiger partial charge in [-0.15, -0.1) is 0 Å². The molecule has 1 saturated carbocycles. The van der Waals surface area contributed by atoms with Crippen molar-refractivity contribution in [3.8, 4) is 5.69 Å². The SMILES string of the molecule is CC(C)(C)OC(=O)N1CCN(CCNC(=O)c2cc(C3CC3)nn2-c2ccccc2)CC1. The molecule has 1 N–H and O–H groups in total. The van der Waals surface area contributed by atoms with Crippen LogP contribution < -0.4 is 5.32 Å². The second-order valence-corrected chi connectivity index (χ2v) is 9.54. The Labute approximate surface area is 189 Å². The van der Waals surface area contributed by atoms with Crippen molar-refractivity contribution >= 4 is 12.0 Å². The van der Waals surface area contributed by atoms with Crippen molar-refractivity contribution in [1.29, 1.82) is 0 Å². The summed E-state index contributed by atoms with van der Waals surface area (Å²) in [7, 11) is 0. The lowest BCUT2D eigenvalue weighted by molar-refractivity contribution is 0.0147. The van der Waals surface area contributed by atoms with Gasteiger partial charge in [0.15, 0.2) is 0 Å². The molecule has 8 nitrogen and oxygen atoms in total. The fraction of sp³-hybridized carbons (Fsp3) is 0.542. The molecule has 2 heterocycles. The largest absolute Gasteiger partial charge is 0.444 e. The van der Waals surface area contributed by atoms with Crippen LogP contribution in [0.5, 0.6) is 0 Å². The summed E-state index contributed by atoms with van der Waals surface area (Å²) in [4.78, 5) is 29.2. The third-order valence-corrected chi connectivity index (χ3v) is 5.69. The van der Waals surface area contributed by atoms with Crippen LogP contribution in [0.15, 0.2) is 36.4 Å². The Balaban J connectivity index is 1.28. The molecule has 4 rings (SSSR count). The van der Waals surface area contributed by atoms with Crippen LogP contribution in [-0.4, -0.2) is 76.5 Å². The Hall–Kier alpha value is -2.87. The number of aromatic nitrogens is 2. The average molecular weight is 440 g/mol. The molecule has 2 amide bonds. The maximum absolute atomic E-state index is 13.0. The molecule has 1 aliphatic heterocycles. The van der Waals surface area contributed by atoms with Crippen molar-refractivity contribution in [3.63, 3.8) is 0 Å². The lowest BCUT2D eigenvalue weighted by Gasteiger charge is -2.35. The zero-order valence-electron chi connectivity index (χ0n) is 19.2. The highest BCUT2D eigenvalue weighted by Gasteiger charge is 2.29. The number of carbonyl (C=O) groups excluding carboxylic acids is 2. The van der Waals surface area contributed by atoms with Crippen molar-refractivity contribution in [2.75, 3.05) is 39.3 Å². The first-order chi connectivity index (χ1) is 15.3. The molecule has 2 fully saturated rings. The van der Waals surface area contributed by atoms with E-state index in [0.717, 1.165) is 43.9 Å². The number of piperazine rings is 1. The molecule has 1 saturated heterocycles. The van der Waals surface area contributed by atoms with Crippen molar-refractivity contribution in [2.24, 2.45) is 0 Å². The van der Waals surface area contributed by atoms with E-state index in [9.17, 15) is 9.59 Å². The molecule has 0 unspecified atom stereocenters. The second kappa shape index (κ2) is 9.32. The maximum Gasteiger partial charge on any atom is 0.410 e. The molecule has 1 aliphatic carbocycles. The van der Waals surface area contributed by atoms with E-state index < -0.39 is 5.60 Å². The van der Waals surface area contributed by atoms with Gasteiger partial charge in [-0.3, -0.25) is 9.69 Å². The molecular weight excluding hydrogens is 406 g/mol. The lowest BCUT2D eigenvalue weighted by Crippen LogP contribution is -2.51. The minimum atomic E-state index is -0.482. The number of hydrogen-bond acceptors (Lipinski definition) is 5. The number of nitrogens with one attached hydrogen (secondary N) is 1. The number of benzene rings is 1. The predicted octanol–water partition coefficient (Wildman–Crippen LogP) is 3.03. The van der Waals surface area contributed by atoms with E-state index in [2.05, 4.69) is 10.2 Å². The normalized spacial score (nSPS) is 17.3. The number of para-hydroxylation sites is 1. The van der Waals surface area contributed by atoms with Crippen LogP contribution in [0, 0.1) is 0 Å². The van der Waals surface area contributed by atoms with Crippen LogP contribution in [0.1, 0.15) is 55.7 Å². The first kappa shape index (κ1) is 22.3. The fourth-order valence-corrected chi connectivity index (χ4v) is 3.80. The number of carbonyl (C=O) groups is 2. The van der Waals surface area contributed by atoms with E-state index in [1.165, 1.54) is 0 Å². The smallest absolute Gasteiger partial charge is 0.410 e. The van der Waals surface area contributed by atoms with E-state index in [0.29, 0.717) is 31.2 Å². The molecular formula is C24H33N5O3. The number of rotatable bonds is 6. The van der Waals surface area contributed by atoms with Gasteiger partial charge in [0, 0.05) is 45.2 Å². The average Bonchev–Trinajstić information content (AvgIpc) is 3.52. The number of ether oxygens (including phenoxy) is 1. The molecule has 32 heavy (non-hydrogen) atoms. The van der Waals surface area contributed by atoms with Gasteiger partial charge < -0.3 is 15.0 Å². The second-order valence-electron chi connectivity index (χ2n) is 9.54. The van der Waals surface area contributed by atoms with Gasteiger partial charge in [0.25, 0.3) is 5.91 Å². The van der Waals surface area contributed by atoms with E-state index in [1.54, 1.807) is 9.58 Å². The van der Waals surface area contributed by atoms with Crippen LogP contribution in [-0.2, 0) is 4.74 Å². The summed E-state index contributed by atoms with van der Waals surface area (Å²) >= 11 is 0. The van der Waals surface area contributed by atoms with Crippen molar-refractivity contribution < 1.29 is 14.3 Å². The summed E-state index contributed by atoms with van der Waals surface area (Å²) in [6.07, 6.45) is 2.02. The molecule has 172 valence electrons. The Morgan fingerprint density at radius 1 is 1.09 bits per heavy atom. The minimum Gasteiger partial charge on any atom is -0.444 e. The van der Waals surface area contributed by atoms with Gasteiger partial charge in [-0.05, 0) is 51.8 Å². The van der Waals surface area contributed by atoms with Crippen LogP contribution in [0.2, 0.25) is 0 Å². The Kier molecular flexibility index (Phi) is 6.50. The standard InChI is InChI=1S/C24H33N5O3/c1-24(2,3)32-23(31)28-15-13-27(14-16-28)12-11-25-22(30)21-17-20(18-9-10-18)26-29(21)19-7-5-4-6-8-19/h4-8,17-18H,9-16H2,1-3H3,(H,25,30). The first-order valence-corrected chi connectivity index (χ1v) is 11.4. The zero-order valence-corrected chi connectivity index (χ0v) is 19.2. The first-order valence-electron chi connectivity index (χ1n) is 11.4. The van der Waals surface area contributed by atoms with Crippen molar-refractivity contribution in [2.45, 2.75) is 45.1 Å². The third kappa shape index (κ3) is 5.68. The van der Waals surface area contributed by atoms with Gasteiger partial charge in [0.2, 0.25) is 0 Å². The van der Waals surface area contributed by atoms with Crippen molar-refractivity contribution in [1.82, 2.24) is 24.9 Å². The summed E-state index contributed by atoms with van der Waals surface area (Å²) in [6, 6.07) is 11.7. The molecule has 1 aromatic heterocycles. The topological polar surface area (TPSA) is 79.7 Å². The molecule has 0 spiro atoms. The van der Waals surface area contributed by atoms with Gasteiger partial charge in [0.05, 0.1) is 11.4 Å². The summed E-state index contributed by atoms with van der Waals surface area (Å²) in [5.74, 6) is 0.369. The Morgan fingerprint density at radius 2 is 1.78 bits per heavy atom. The van der Waals surface area contributed by atoms with Gasteiger partial charge in [-0.25, -0.2) is 9.48 Å². The number of amides is 2. The Bertz CT molecular complexity index is 938. The Morgan fingerprint density at radius 3 is 2.41 bits per heavy atom. The highest BCUT2D eigenvalue weighted by Crippen LogP contribution is 2.39. The maximum atomic E-state index is 13.0.